The topological polar surface area (TPSA) is 95.2 Å². The summed E-state index contributed by atoms with van der Waals surface area (Å²) in [5, 5.41) is 10.5. The van der Waals surface area contributed by atoms with Gasteiger partial charge in [0.25, 0.3) is 5.69 Å². The Hall–Kier alpha value is -1.24. The van der Waals surface area contributed by atoms with Crippen LogP contribution in [-0.2, 0) is 0 Å². The fraction of sp³-hybridized carbons (Fsp3) is 0.250. The van der Waals surface area contributed by atoms with Crippen LogP contribution in [0.2, 0.25) is 0 Å². The number of nitro benzene ring substituents is 1. The second kappa shape index (κ2) is 5.59. The average Bonchev–Trinajstić information content (AvgIpc) is 2.16. The molecule has 0 heterocycles. The standard InChI is InChI=1S/C8H10FN3O2.ClH/c9-5-1-2-6(7(11)4-10)8(3-5)12(13)14;/h1-3,7H,4,10-11H2;1H/t7-;/m1./s1. The first-order valence-electron chi connectivity index (χ1n) is 3.95. The van der Waals surface area contributed by atoms with Gasteiger partial charge in [-0.05, 0) is 12.1 Å². The monoisotopic (exact) mass is 235 g/mol. The molecule has 0 saturated carbocycles. The van der Waals surface area contributed by atoms with Crippen molar-refractivity contribution < 1.29 is 9.31 Å². The van der Waals surface area contributed by atoms with Gasteiger partial charge in [-0.2, -0.15) is 0 Å². The molecule has 7 heteroatoms. The molecular weight excluding hydrogens is 225 g/mol. The van der Waals surface area contributed by atoms with E-state index in [-0.39, 0.29) is 30.2 Å². The Morgan fingerprint density at radius 3 is 2.60 bits per heavy atom. The maximum absolute atomic E-state index is 12.7. The Kier molecular flexibility index (Phi) is 5.13. The van der Waals surface area contributed by atoms with Crippen molar-refractivity contribution in [2.75, 3.05) is 6.54 Å². The Balaban J connectivity index is 0.00000196. The van der Waals surface area contributed by atoms with Gasteiger partial charge in [0.1, 0.15) is 5.82 Å². The summed E-state index contributed by atoms with van der Waals surface area (Å²) in [4.78, 5) is 9.86. The fourth-order valence-corrected chi connectivity index (χ4v) is 1.12. The highest BCUT2D eigenvalue weighted by Crippen LogP contribution is 2.23. The van der Waals surface area contributed by atoms with Crippen molar-refractivity contribution in [3.63, 3.8) is 0 Å². The maximum Gasteiger partial charge on any atom is 0.277 e. The summed E-state index contributed by atoms with van der Waals surface area (Å²) >= 11 is 0. The van der Waals surface area contributed by atoms with Crippen molar-refractivity contribution in [3.8, 4) is 0 Å². The highest BCUT2D eigenvalue weighted by atomic mass is 35.5. The van der Waals surface area contributed by atoms with Gasteiger partial charge in [0.05, 0.1) is 11.0 Å². The normalized spacial score (nSPS) is 11.7. The van der Waals surface area contributed by atoms with E-state index in [0.717, 1.165) is 12.1 Å². The minimum Gasteiger partial charge on any atom is -0.329 e. The number of hydrogen-bond acceptors (Lipinski definition) is 4. The molecule has 15 heavy (non-hydrogen) atoms. The maximum atomic E-state index is 12.7. The Labute approximate surface area is 91.8 Å². The summed E-state index contributed by atoms with van der Waals surface area (Å²) in [6.45, 7) is 0.0759. The van der Waals surface area contributed by atoms with E-state index in [1.807, 2.05) is 0 Å². The quantitative estimate of drug-likeness (QED) is 0.606. The molecule has 0 aliphatic heterocycles. The van der Waals surface area contributed by atoms with Crippen LogP contribution in [0.3, 0.4) is 0 Å². The van der Waals surface area contributed by atoms with E-state index in [1.54, 1.807) is 0 Å². The number of hydrogen-bond donors (Lipinski definition) is 2. The van der Waals surface area contributed by atoms with Crippen LogP contribution in [0.4, 0.5) is 10.1 Å². The molecule has 0 spiro atoms. The van der Waals surface area contributed by atoms with Gasteiger partial charge >= 0.3 is 0 Å². The van der Waals surface area contributed by atoms with Gasteiger partial charge < -0.3 is 11.5 Å². The fourth-order valence-electron chi connectivity index (χ4n) is 1.12. The molecule has 84 valence electrons. The van der Waals surface area contributed by atoms with E-state index in [0.29, 0.717) is 0 Å². The number of nitro groups is 1. The molecule has 1 aromatic rings. The third-order valence-corrected chi connectivity index (χ3v) is 1.84. The van der Waals surface area contributed by atoms with Crippen molar-refractivity contribution in [1.82, 2.24) is 0 Å². The Morgan fingerprint density at radius 2 is 2.13 bits per heavy atom. The minimum atomic E-state index is -0.673. The first kappa shape index (κ1) is 13.8. The lowest BCUT2D eigenvalue weighted by Gasteiger charge is -2.08. The largest absolute Gasteiger partial charge is 0.329 e. The van der Waals surface area contributed by atoms with E-state index in [9.17, 15) is 14.5 Å². The summed E-state index contributed by atoms with van der Waals surface area (Å²) in [5.74, 6) is -0.662. The number of benzene rings is 1. The van der Waals surface area contributed by atoms with Gasteiger partial charge in [-0.15, -0.1) is 12.4 Å². The number of rotatable bonds is 3. The van der Waals surface area contributed by atoms with Crippen molar-refractivity contribution in [2.45, 2.75) is 6.04 Å². The third-order valence-electron chi connectivity index (χ3n) is 1.84. The first-order valence-corrected chi connectivity index (χ1v) is 3.95. The molecule has 0 aliphatic rings. The molecule has 1 atom stereocenters. The molecule has 0 fully saturated rings. The molecule has 0 amide bonds. The lowest BCUT2D eigenvalue weighted by molar-refractivity contribution is -0.385. The van der Waals surface area contributed by atoms with E-state index in [1.165, 1.54) is 6.07 Å². The molecular formula is C8H11ClFN3O2. The lowest BCUT2D eigenvalue weighted by atomic mass is 10.1. The van der Waals surface area contributed by atoms with Crippen LogP contribution in [0.25, 0.3) is 0 Å². The van der Waals surface area contributed by atoms with E-state index in [2.05, 4.69) is 0 Å². The number of halogens is 2. The van der Waals surface area contributed by atoms with Gasteiger partial charge in [-0.3, -0.25) is 10.1 Å². The first-order chi connectivity index (χ1) is 6.56. The molecule has 0 bridgehead atoms. The van der Waals surface area contributed by atoms with Crippen molar-refractivity contribution in [3.05, 3.63) is 39.7 Å². The predicted molar refractivity (Wildman–Crippen MR) is 56.3 cm³/mol. The molecule has 0 aliphatic carbocycles. The molecule has 4 N–H and O–H groups in total. The molecule has 0 aromatic heterocycles. The van der Waals surface area contributed by atoms with Crippen molar-refractivity contribution in [2.24, 2.45) is 11.5 Å². The molecule has 1 rings (SSSR count). The second-order valence-electron chi connectivity index (χ2n) is 2.80. The van der Waals surface area contributed by atoms with E-state index >= 15 is 0 Å². The van der Waals surface area contributed by atoms with Crippen LogP contribution in [0.15, 0.2) is 18.2 Å². The second-order valence-corrected chi connectivity index (χ2v) is 2.80. The van der Waals surface area contributed by atoms with Gasteiger partial charge in [0.2, 0.25) is 0 Å². The van der Waals surface area contributed by atoms with Gasteiger partial charge in [-0.1, -0.05) is 0 Å². The smallest absolute Gasteiger partial charge is 0.277 e. The zero-order chi connectivity index (χ0) is 10.7. The summed E-state index contributed by atoms with van der Waals surface area (Å²) in [7, 11) is 0. The molecule has 0 saturated heterocycles. The molecule has 0 unspecified atom stereocenters. The third kappa shape index (κ3) is 3.12. The van der Waals surface area contributed by atoms with E-state index < -0.39 is 16.8 Å². The highest BCUT2D eigenvalue weighted by Gasteiger charge is 2.18. The minimum absolute atomic E-state index is 0. The molecule has 5 nitrogen and oxygen atoms in total. The van der Waals surface area contributed by atoms with Gasteiger partial charge in [0, 0.05) is 18.2 Å². The Morgan fingerprint density at radius 1 is 1.53 bits per heavy atom. The van der Waals surface area contributed by atoms with Crippen LogP contribution in [0.5, 0.6) is 0 Å². The van der Waals surface area contributed by atoms with Crippen molar-refractivity contribution >= 4 is 18.1 Å². The van der Waals surface area contributed by atoms with Crippen LogP contribution in [0, 0.1) is 15.9 Å². The summed E-state index contributed by atoms with van der Waals surface area (Å²) < 4.78 is 12.7. The van der Waals surface area contributed by atoms with Crippen LogP contribution >= 0.6 is 12.4 Å². The zero-order valence-electron chi connectivity index (χ0n) is 7.72. The lowest BCUT2D eigenvalue weighted by Crippen LogP contribution is -2.21. The summed E-state index contributed by atoms with van der Waals surface area (Å²) in [5.41, 5.74) is 10.7. The summed E-state index contributed by atoms with van der Waals surface area (Å²) in [6, 6.07) is 2.60. The number of nitrogens with two attached hydrogens (primary N) is 2. The highest BCUT2D eigenvalue weighted by molar-refractivity contribution is 5.85. The molecule has 0 radical (unpaired) electrons. The van der Waals surface area contributed by atoms with Crippen molar-refractivity contribution in [1.29, 1.82) is 0 Å². The average molecular weight is 236 g/mol. The Bertz CT molecular complexity index is 362. The van der Waals surface area contributed by atoms with Crippen LogP contribution in [0.1, 0.15) is 11.6 Å². The van der Waals surface area contributed by atoms with Gasteiger partial charge in [0.15, 0.2) is 0 Å². The van der Waals surface area contributed by atoms with Crippen LogP contribution in [-0.4, -0.2) is 11.5 Å². The van der Waals surface area contributed by atoms with Gasteiger partial charge in [-0.25, -0.2) is 4.39 Å². The molecule has 1 aromatic carbocycles. The SMILES string of the molecule is Cl.NC[C@@H](N)c1ccc(F)cc1[N+](=O)[O-]. The zero-order valence-corrected chi connectivity index (χ0v) is 8.54. The van der Waals surface area contributed by atoms with E-state index in [4.69, 9.17) is 11.5 Å². The number of nitrogens with zero attached hydrogens (tertiary/aromatic N) is 1. The predicted octanol–water partition coefficient (Wildman–Crippen LogP) is 1.11. The summed E-state index contributed by atoms with van der Waals surface area (Å²) in [6.07, 6.45) is 0. The van der Waals surface area contributed by atoms with Crippen LogP contribution < -0.4 is 11.5 Å².